The molecule has 0 radical (unpaired) electrons. The summed E-state index contributed by atoms with van der Waals surface area (Å²) < 4.78 is 16.4. The zero-order chi connectivity index (χ0) is 18.2. The molecule has 2 aromatic carbocycles. The van der Waals surface area contributed by atoms with Crippen LogP contribution < -0.4 is 0 Å². The summed E-state index contributed by atoms with van der Waals surface area (Å²) >= 11 is 0. The zero-order valence-electron chi connectivity index (χ0n) is 15.0. The Bertz CT molecular complexity index is 876. The second-order valence-corrected chi connectivity index (χ2v) is 7.32. The van der Waals surface area contributed by atoms with Crippen molar-refractivity contribution in [1.29, 1.82) is 0 Å². The highest BCUT2D eigenvalue weighted by molar-refractivity contribution is 5.40. The first-order chi connectivity index (χ1) is 11.7. The van der Waals surface area contributed by atoms with Gasteiger partial charge in [0, 0.05) is 17.4 Å². The van der Waals surface area contributed by atoms with E-state index in [1.807, 2.05) is 61.0 Å². The van der Waals surface area contributed by atoms with Gasteiger partial charge in [0.2, 0.25) is 0 Å². The standard InChI is InChI=1S/C21H23FN2O/c1-20(2,16-12-8-9-13-17(16)22)19-23-18(21(3,4)25)14-24(19)15-10-6-5-7-11-15/h5-14,25H,1-4H3. The van der Waals surface area contributed by atoms with Crippen LogP contribution in [-0.2, 0) is 11.0 Å². The van der Waals surface area contributed by atoms with E-state index in [2.05, 4.69) is 0 Å². The molecule has 0 aliphatic carbocycles. The van der Waals surface area contributed by atoms with E-state index in [0.717, 1.165) is 5.69 Å². The molecule has 1 aromatic heterocycles. The van der Waals surface area contributed by atoms with Crippen molar-refractivity contribution >= 4 is 0 Å². The molecule has 0 saturated heterocycles. The maximum absolute atomic E-state index is 14.5. The van der Waals surface area contributed by atoms with Gasteiger partial charge in [-0.3, -0.25) is 0 Å². The number of benzene rings is 2. The smallest absolute Gasteiger partial charge is 0.127 e. The Morgan fingerprint density at radius 3 is 2.12 bits per heavy atom. The molecule has 0 aliphatic rings. The molecular weight excluding hydrogens is 315 g/mol. The lowest BCUT2D eigenvalue weighted by Crippen LogP contribution is -2.25. The second-order valence-electron chi connectivity index (χ2n) is 7.32. The third kappa shape index (κ3) is 3.22. The lowest BCUT2D eigenvalue weighted by Gasteiger charge is -2.26. The molecule has 0 aliphatic heterocycles. The Labute approximate surface area is 147 Å². The minimum atomic E-state index is -1.08. The number of hydrogen-bond acceptors (Lipinski definition) is 2. The highest BCUT2D eigenvalue weighted by Gasteiger charge is 2.34. The van der Waals surface area contributed by atoms with Gasteiger partial charge in [0.1, 0.15) is 17.2 Å². The summed E-state index contributed by atoms with van der Waals surface area (Å²) in [4.78, 5) is 4.69. The van der Waals surface area contributed by atoms with Crippen molar-refractivity contribution in [3.63, 3.8) is 0 Å². The summed E-state index contributed by atoms with van der Waals surface area (Å²) in [6.07, 6.45) is 1.83. The molecule has 0 amide bonds. The van der Waals surface area contributed by atoms with Crippen molar-refractivity contribution in [1.82, 2.24) is 9.55 Å². The second kappa shape index (κ2) is 6.12. The van der Waals surface area contributed by atoms with Gasteiger partial charge in [-0.05, 0) is 45.9 Å². The Morgan fingerprint density at radius 2 is 1.52 bits per heavy atom. The molecule has 1 heterocycles. The summed E-state index contributed by atoms with van der Waals surface area (Å²) in [5, 5.41) is 10.4. The van der Waals surface area contributed by atoms with E-state index in [4.69, 9.17) is 4.98 Å². The fourth-order valence-electron chi connectivity index (χ4n) is 2.99. The molecule has 0 unspecified atom stereocenters. The quantitative estimate of drug-likeness (QED) is 0.757. The minimum absolute atomic E-state index is 0.264. The van der Waals surface area contributed by atoms with E-state index in [0.29, 0.717) is 17.1 Å². The predicted octanol–water partition coefficient (Wildman–Crippen LogP) is 4.56. The van der Waals surface area contributed by atoms with Gasteiger partial charge >= 0.3 is 0 Å². The van der Waals surface area contributed by atoms with E-state index in [1.165, 1.54) is 6.07 Å². The van der Waals surface area contributed by atoms with Gasteiger partial charge in [0.25, 0.3) is 0 Å². The Balaban J connectivity index is 2.24. The molecule has 3 aromatic rings. The highest BCUT2D eigenvalue weighted by Crippen LogP contribution is 2.35. The van der Waals surface area contributed by atoms with Gasteiger partial charge in [0.15, 0.2) is 0 Å². The number of para-hydroxylation sites is 1. The van der Waals surface area contributed by atoms with Crippen molar-refractivity contribution in [2.45, 2.75) is 38.7 Å². The van der Waals surface area contributed by atoms with Crippen LogP contribution in [0.1, 0.15) is 44.8 Å². The van der Waals surface area contributed by atoms with Crippen LogP contribution in [0.15, 0.2) is 60.8 Å². The fraction of sp³-hybridized carbons (Fsp3) is 0.286. The molecule has 0 bridgehead atoms. The summed E-state index contributed by atoms with van der Waals surface area (Å²) in [6.45, 7) is 7.29. The number of imidazole rings is 1. The average Bonchev–Trinajstić information content (AvgIpc) is 3.02. The molecule has 1 N–H and O–H groups in total. The molecule has 0 atom stereocenters. The molecule has 3 rings (SSSR count). The van der Waals surface area contributed by atoms with Gasteiger partial charge in [-0.15, -0.1) is 0 Å². The normalized spacial score (nSPS) is 12.4. The van der Waals surface area contributed by atoms with Crippen LogP contribution in [0.3, 0.4) is 0 Å². The van der Waals surface area contributed by atoms with Gasteiger partial charge in [-0.25, -0.2) is 9.37 Å². The predicted molar refractivity (Wildman–Crippen MR) is 97.3 cm³/mol. The number of rotatable bonds is 4. The fourth-order valence-corrected chi connectivity index (χ4v) is 2.99. The van der Waals surface area contributed by atoms with Gasteiger partial charge in [-0.2, -0.15) is 0 Å². The maximum Gasteiger partial charge on any atom is 0.127 e. The van der Waals surface area contributed by atoms with E-state index in [9.17, 15) is 9.50 Å². The third-order valence-electron chi connectivity index (χ3n) is 4.47. The summed E-state index contributed by atoms with van der Waals surface area (Å²) in [5.74, 6) is 0.417. The first kappa shape index (κ1) is 17.4. The Morgan fingerprint density at radius 1 is 0.920 bits per heavy atom. The van der Waals surface area contributed by atoms with Crippen LogP contribution in [0.5, 0.6) is 0 Å². The van der Waals surface area contributed by atoms with Crippen LogP contribution in [0, 0.1) is 5.82 Å². The van der Waals surface area contributed by atoms with Crippen LogP contribution in [-0.4, -0.2) is 14.7 Å². The van der Waals surface area contributed by atoms with Crippen molar-refractivity contribution < 1.29 is 9.50 Å². The maximum atomic E-state index is 14.5. The molecule has 25 heavy (non-hydrogen) atoms. The SMILES string of the molecule is CC(C)(O)c1cn(-c2ccccc2)c(C(C)(C)c2ccccc2F)n1. The monoisotopic (exact) mass is 338 g/mol. The van der Waals surface area contributed by atoms with Crippen molar-refractivity contribution in [2.75, 3.05) is 0 Å². The molecular formula is C21H23FN2O. The van der Waals surface area contributed by atoms with Crippen LogP contribution >= 0.6 is 0 Å². The number of halogens is 1. The largest absolute Gasteiger partial charge is 0.384 e. The first-order valence-electron chi connectivity index (χ1n) is 8.34. The lowest BCUT2D eigenvalue weighted by molar-refractivity contribution is 0.0741. The van der Waals surface area contributed by atoms with E-state index in [1.54, 1.807) is 26.0 Å². The van der Waals surface area contributed by atoms with E-state index in [-0.39, 0.29) is 5.82 Å². The highest BCUT2D eigenvalue weighted by atomic mass is 19.1. The van der Waals surface area contributed by atoms with Gasteiger partial charge in [0.05, 0.1) is 11.1 Å². The van der Waals surface area contributed by atoms with Crippen LogP contribution in [0.4, 0.5) is 4.39 Å². The van der Waals surface area contributed by atoms with Gasteiger partial charge in [-0.1, -0.05) is 36.4 Å². The van der Waals surface area contributed by atoms with Crippen molar-refractivity contribution in [3.05, 3.63) is 83.7 Å². The number of aromatic nitrogens is 2. The Hall–Kier alpha value is -2.46. The first-order valence-corrected chi connectivity index (χ1v) is 8.34. The summed E-state index contributed by atoms with van der Waals surface area (Å²) in [7, 11) is 0. The molecule has 4 heteroatoms. The average molecular weight is 338 g/mol. The summed E-state index contributed by atoms with van der Waals surface area (Å²) in [6, 6.07) is 16.5. The third-order valence-corrected chi connectivity index (χ3v) is 4.47. The van der Waals surface area contributed by atoms with Crippen LogP contribution in [0.2, 0.25) is 0 Å². The molecule has 130 valence electrons. The summed E-state index contributed by atoms with van der Waals surface area (Å²) in [5.41, 5.74) is 0.283. The molecule has 0 spiro atoms. The number of hydrogen-bond donors (Lipinski definition) is 1. The van der Waals surface area contributed by atoms with Crippen LogP contribution in [0.25, 0.3) is 5.69 Å². The van der Waals surface area contributed by atoms with Crippen molar-refractivity contribution in [3.8, 4) is 5.69 Å². The van der Waals surface area contributed by atoms with Gasteiger partial charge < -0.3 is 9.67 Å². The number of aliphatic hydroxyl groups is 1. The molecule has 0 saturated carbocycles. The Kier molecular flexibility index (Phi) is 4.25. The number of nitrogens with zero attached hydrogens (tertiary/aromatic N) is 2. The van der Waals surface area contributed by atoms with Crippen molar-refractivity contribution in [2.24, 2.45) is 0 Å². The molecule has 3 nitrogen and oxygen atoms in total. The van der Waals surface area contributed by atoms with E-state index < -0.39 is 11.0 Å². The zero-order valence-corrected chi connectivity index (χ0v) is 15.0. The minimum Gasteiger partial charge on any atom is -0.384 e. The lowest BCUT2D eigenvalue weighted by atomic mass is 9.83. The topological polar surface area (TPSA) is 38.0 Å². The molecule has 0 fully saturated rings. The van der Waals surface area contributed by atoms with E-state index >= 15 is 0 Å².